The van der Waals surface area contributed by atoms with Crippen molar-refractivity contribution in [3.8, 4) is 11.1 Å². The van der Waals surface area contributed by atoms with E-state index in [1.165, 1.54) is 5.56 Å². The lowest BCUT2D eigenvalue weighted by atomic mass is 9.89. The SMILES string of the molecule is C=C1C=Nc2ccc(-c3cccc(C(=O)CC4CCn5ccnc5C4)c3)cc2C1. The van der Waals surface area contributed by atoms with Gasteiger partial charge in [-0.2, -0.15) is 0 Å². The van der Waals surface area contributed by atoms with Crippen LogP contribution >= 0.6 is 0 Å². The first-order valence-electron chi connectivity index (χ1n) is 10.1. The molecule has 0 N–H and O–H groups in total. The van der Waals surface area contributed by atoms with Crippen molar-refractivity contribution in [3.63, 3.8) is 0 Å². The summed E-state index contributed by atoms with van der Waals surface area (Å²) in [5, 5.41) is 0. The standard InChI is InChI=1S/C25H23N3O/c1-17-11-22-15-20(5-6-23(22)27-16-17)19-3-2-4-21(14-19)24(29)12-18-7-9-28-10-8-26-25(28)13-18/h2-6,8,10,14-16,18H,1,7,9,11-13H2. The fourth-order valence-electron chi connectivity index (χ4n) is 4.33. The van der Waals surface area contributed by atoms with Crippen molar-refractivity contribution in [2.45, 2.75) is 32.2 Å². The molecule has 0 bridgehead atoms. The molecule has 0 spiro atoms. The van der Waals surface area contributed by atoms with Gasteiger partial charge in [0.05, 0.1) is 5.69 Å². The normalized spacial score (nSPS) is 17.7. The Hall–Kier alpha value is -3.27. The third kappa shape index (κ3) is 3.58. The number of fused-ring (bicyclic) bond motifs is 2. The van der Waals surface area contributed by atoms with Crippen molar-refractivity contribution in [2.24, 2.45) is 10.9 Å². The average Bonchev–Trinajstić information content (AvgIpc) is 3.21. The third-order valence-electron chi connectivity index (χ3n) is 5.93. The summed E-state index contributed by atoms with van der Waals surface area (Å²) < 4.78 is 2.19. The molecule has 0 aliphatic carbocycles. The first kappa shape index (κ1) is 17.8. The third-order valence-corrected chi connectivity index (χ3v) is 5.93. The number of aryl methyl sites for hydroxylation is 1. The predicted octanol–water partition coefficient (Wildman–Crippen LogP) is 5.20. The average molecular weight is 381 g/mol. The maximum atomic E-state index is 13.0. The van der Waals surface area contributed by atoms with Gasteiger partial charge in [0.1, 0.15) is 5.82 Å². The van der Waals surface area contributed by atoms with Gasteiger partial charge in [-0.05, 0) is 52.8 Å². The Morgan fingerprint density at radius 1 is 1.17 bits per heavy atom. The number of rotatable bonds is 4. The molecule has 2 aromatic carbocycles. The molecule has 0 amide bonds. The zero-order valence-corrected chi connectivity index (χ0v) is 16.3. The minimum absolute atomic E-state index is 0.216. The highest BCUT2D eigenvalue weighted by atomic mass is 16.1. The number of carbonyl (C=O) groups excluding carboxylic acids is 1. The van der Waals surface area contributed by atoms with Crippen LogP contribution in [0.4, 0.5) is 5.69 Å². The molecule has 29 heavy (non-hydrogen) atoms. The van der Waals surface area contributed by atoms with E-state index in [9.17, 15) is 4.79 Å². The van der Waals surface area contributed by atoms with Gasteiger partial charge in [0.25, 0.3) is 0 Å². The number of ketones is 1. The maximum absolute atomic E-state index is 13.0. The number of allylic oxidation sites excluding steroid dienone is 1. The number of benzene rings is 2. The Morgan fingerprint density at radius 2 is 2.07 bits per heavy atom. The number of carbonyl (C=O) groups is 1. The highest BCUT2D eigenvalue weighted by Gasteiger charge is 2.22. The van der Waals surface area contributed by atoms with Crippen LogP contribution in [0, 0.1) is 5.92 Å². The van der Waals surface area contributed by atoms with Gasteiger partial charge >= 0.3 is 0 Å². The largest absolute Gasteiger partial charge is 0.335 e. The zero-order chi connectivity index (χ0) is 19.8. The van der Waals surface area contributed by atoms with Crippen molar-refractivity contribution >= 4 is 17.7 Å². The number of imidazole rings is 1. The second-order valence-electron chi connectivity index (χ2n) is 8.04. The van der Waals surface area contributed by atoms with Gasteiger partial charge in [-0.3, -0.25) is 9.79 Å². The van der Waals surface area contributed by atoms with Crippen molar-refractivity contribution in [1.29, 1.82) is 0 Å². The van der Waals surface area contributed by atoms with Crippen LogP contribution in [0.1, 0.15) is 34.6 Å². The number of aliphatic imine (C=N–C) groups is 1. The molecule has 4 heteroatoms. The van der Waals surface area contributed by atoms with Crippen LogP contribution in [-0.2, 0) is 19.4 Å². The summed E-state index contributed by atoms with van der Waals surface area (Å²) in [7, 11) is 0. The molecule has 4 nitrogen and oxygen atoms in total. The molecule has 0 saturated heterocycles. The molecule has 2 aliphatic rings. The van der Waals surface area contributed by atoms with Crippen LogP contribution in [0.2, 0.25) is 0 Å². The number of hydrogen-bond acceptors (Lipinski definition) is 3. The second-order valence-corrected chi connectivity index (χ2v) is 8.04. The zero-order valence-electron chi connectivity index (χ0n) is 16.3. The smallest absolute Gasteiger partial charge is 0.163 e. The highest BCUT2D eigenvalue weighted by molar-refractivity contribution is 5.97. The highest BCUT2D eigenvalue weighted by Crippen LogP contribution is 2.31. The molecule has 3 aromatic rings. The molecule has 3 heterocycles. The van der Waals surface area contributed by atoms with E-state index in [4.69, 9.17) is 0 Å². The Bertz CT molecular complexity index is 1140. The molecule has 0 fully saturated rings. The molecule has 1 unspecified atom stereocenters. The van der Waals surface area contributed by atoms with Gasteiger partial charge in [0.15, 0.2) is 5.78 Å². The molecule has 1 aromatic heterocycles. The van der Waals surface area contributed by atoms with E-state index in [1.54, 1.807) is 0 Å². The molecular weight excluding hydrogens is 358 g/mol. The minimum atomic E-state index is 0.216. The van der Waals surface area contributed by atoms with Gasteiger partial charge < -0.3 is 4.57 Å². The predicted molar refractivity (Wildman–Crippen MR) is 116 cm³/mol. The minimum Gasteiger partial charge on any atom is -0.335 e. The molecule has 5 rings (SSSR count). The number of nitrogens with zero attached hydrogens (tertiary/aromatic N) is 3. The van der Waals surface area contributed by atoms with E-state index < -0.39 is 0 Å². The fraction of sp³-hybridized carbons (Fsp3) is 0.240. The van der Waals surface area contributed by atoms with Crippen LogP contribution in [0.15, 0.2) is 72.0 Å². The van der Waals surface area contributed by atoms with Gasteiger partial charge in [-0.1, -0.05) is 30.8 Å². The summed E-state index contributed by atoms with van der Waals surface area (Å²) >= 11 is 0. The Balaban J connectivity index is 1.35. The van der Waals surface area contributed by atoms with Crippen molar-refractivity contribution in [2.75, 3.05) is 0 Å². The number of Topliss-reactive ketones (excluding diaryl/α,β-unsaturated/α-hetero) is 1. The summed E-state index contributed by atoms with van der Waals surface area (Å²) in [4.78, 5) is 21.8. The fourth-order valence-corrected chi connectivity index (χ4v) is 4.33. The Kier molecular flexibility index (Phi) is 4.47. The quantitative estimate of drug-likeness (QED) is 0.583. The summed E-state index contributed by atoms with van der Waals surface area (Å²) in [6.45, 7) is 4.97. The summed E-state index contributed by atoms with van der Waals surface area (Å²) in [6, 6.07) is 14.3. The van der Waals surface area contributed by atoms with Crippen molar-refractivity contribution in [1.82, 2.24) is 9.55 Å². The molecule has 0 radical (unpaired) electrons. The number of aromatic nitrogens is 2. The Labute approximate surface area is 170 Å². The molecule has 0 saturated carbocycles. The van der Waals surface area contributed by atoms with Crippen molar-refractivity contribution < 1.29 is 4.79 Å². The topological polar surface area (TPSA) is 47.2 Å². The van der Waals surface area contributed by atoms with Gasteiger partial charge in [-0.25, -0.2) is 4.98 Å². The van der Waals surface area contributed by atoms with Crippen LogP contribution in [-0.4, -0.2) is 21.5 Å². The van der Waals surface area contributed by atoms with E-state index in [0.29, 0.717) is 12.3 Å². The lowest BCUT2D eigenvalue weighted by molar-refractivity contribution is 0.0953. The molecule has 1 atom stereocenters. The first-order chi connectivity index (χ1) is 14.2. The van der Waals surface area contributed by atoms with Crippen LogP contribution in [0.25, 0.3) is 11.1 Å². The second kappa shape index (κ2) is 7.28. The van der Waals surface area contributed by atoms with E-state index in [2.05, 4.69) is 39.3 Å². The van der Waals surface area contributed by atoms with Crippen LogP contribution in [0.5, 0.6) is 0 Å². The van der Waals surface area contributed by atoms with E-state index in [-0.39, 0.29) is 5.78 Å². The van der Waals surface area contributed by atoms with Crippen molar-refractivity contribution in [3.05, 3.63) is 84.0 Å². The van der Waals surface area contributed by atoms with Crippen LogP contribution in [0.3, 0.4) is 0 Å². The molecule has 144 valence electrons. The molecular formula is C25H23N3O. The monoisotopic (exact) mass is 381 g/mol. The van der Waals surface area contributed by atoms with Crippen LogP contribution < -0.4 is 0 Å². The number of hydrogen-bond donors (Lipinski definition) is 0. The summed E-state index contributed by atoms with van der Waals surface area (Å²) in [5.74, 6) is 1.68. The summed E-state index contributed by atoms with van der Waals surface area (Å²) in [6.07, 6.45) is 9.02. The first-order valence-corrected chi connectivity index (χ1v) is 10.1. The van der Waals surface area contributed by atoms with E-state index in [0.717, 1.165) is 59.6 Å². The Morgan fingerprint density at radius 3 is 3.00 bits per heavy atom. The lowest BCUT2D eigenvalue weighted by Crippen LogP contribution is -2.21. The summed E-state index contributed by atoms with van der Waals surface area (Å²) in [5.41, 5.74) is 6.18. The van der Waals surface area contributed by atoms with E-state index >= 15 is 0 Å². The van der Waals surface area contributed by atoms with Gasteiger partial charge in [0.2, 0.25) is 0 Å². The maximum Gasteiger partial charge on any atom is 0.163 e. The van der Waals surface area contributed by atoms with Gasteiger partial charge in [-0.15, -0.1) is 0 Å². The van der Waals surface area contributed by atoms with E-state index in [1.807, 2.05) is 42.9 Å². The lowest BCUT2D eigenvalue weighted by Gasteiger charge is -2.22. The van der Waals surface area contributed by atoms with Gasteiger partial charge in [0, 0.05) is 50.0 Å². The molecule has 2 aliphatic heterocycles.